The Morgan fingerprint density at radius 3 is 2.41 bits per heavy atom. The monoisotopic (exact) mass is 364 g/mol. The topological polar surface area (TPSA) is 49.3 Å². The third kappa shape index (κ3) is 3.97. The van der Waals surface area contributed by atoms with E-state index in [1.54, 1.807) is 6.20 Å². The first-order chi connectivity index (χ1) is 13.2. The van der Waals surface area contributed by atoms with Gasteiger partial charge in [-0.1, -0.05) is 37.3 Å². The molecule has 142 valence electrons. The Labute approximate surface area is 161 Å². The summed E-state index contributed by atoms with van der Waals surface area (Å²) in [6.45, 7) is 5.85. The van der Waals surface area contributed by atoms with Crippen molar-refractivity contribution in [2.45, 2.75) is 39.0 Å². The van der Waals surface area contributed by atoms with Crippen LogP contribution in [0.4, 0.5) is 5.82 Å². The molecule has 27 heavy (non-hydrogen) atoms. The zero-order chi connectivity index (χ0) is 18.6. The number of rotatable bonds is 3. The van der Waals surface area contributed by atoms with Crippen molar-refractivity contribution in [3.05, 3.63) is 42.1 Å². The number of amides is 1. The predicted octanol–water partition coefficient (Wildman–Crippen LogP) is 4.01. The third-order valence-electron chi connectivity index (χ3n) is 5.76. The fourth-order valence-electron chi connectivity index (χ4n) is 3.98. The molecular formula is C22H28N4O. The van der Waals surface area contributed by atoms with Gasteiger partial charge in [0, 0.05) is 37.9 Å². The standard InChI is InChI=1S/C22H28N4O/c1-17-10-14-26(15-11-17)22(27)19-16-23-20(18-8-4-2-5-9-18)24-21(19)25-12-6-3-7-13-25/h2,4-5,8-9,16-17H,3,6-7,10-15H2,1H3. The lowest BCUT2D eigenvalue weighted by atomic mass is 9.98. The van der Waals surface area contributed by atoms with Crippen LogP contribution >= 0.6 is 0 Å². The quantitative estimate of drug-likeness (QED) is 0.826. The maximum absolute atomic E-state index is 13.2. The van der Waals surface area contributed by atoms with Gasteiger partial charge in [-0.3, -0.25) is 4.79 Å². The van der Waals surface area contributed by atoms with Crippen LogP contribution in [-0.2, 0) is 0 Å². The van der Waals surface area contributed by atoms with E-state index < -0.39 is 0 Å². The van der Waals surface area contributed by atoms with E-state index in [1.807, 2.05) is 35.2 Å². The summed E-state index contributed by atoms with van der Waals surface area (Å²) in [5, 5.41) is 0. The van der Waals surface area contributed by atoms with Crippen molar-refractivity contribution >= 4 is 11.7 Å². The second-order valence-electron chi connectivity index (χ2n) is 7.82. The van der Waals surface area contributed by atoms with Gasteiger partial charge in [-0.2, -0.15) is 0 Å². The van der Waals surface area contributed by atoms with E-state index in [9.17, 15) is 4.79 Å². The minimum atomic E-state index is 0.0853. The average molecular weight is 364 g/mol. The number of likely N-dealkylation sites (tertiary alicyclic amines) is 1. The highest BCUT2D eigenvalue weighted by Crippen LogP contribution is 2.27. The first-order valence-corrected chi connectivity index (χ1v) is 10.2. The molecule has 0 radical (unpaired) electrons. The fourth-order valence-corrected chi connectivity index (χ4v) is 3.98. The molecule has 0 unspecified atom stereocenters. The Hall–Kier alpha value is -2.43. The van der Waals surface area contributed by atoms with Gasteiger partial charge in [0.1, 0.15) is 11.4 Å². The number of aromatic nitrogens is 2. The third-order valence-corrected chi connectivity index (χ3v) is 5.76. The summed E-state index contributed by atoms with van der Waals surface area (Å²) in [5.74, 6) is 2.29. The smallest absolute Gasteiger partial charge is 0.259 e. The highest BCUT2D eigenvalue weighted by Gasteiger charge is 2.27. The molecule has 1 aromatic heterocycles. The zero-order valence-electron chi connectivity index (χ0n) is 16.1. The molecule has 0 aliphatic carbocycles. The largest absolute Gasteiger partial charge is 0.356 e. The van der Waals surface area contributed by atoms with Gasteiger partial charge < -0.3 is 9.80 Å². The lowest BCUT2D eigenvalue weighted by molar-refractivity contribution is 0.0697. The molecule has 0 spiro atoms. The highest BCUT2D eigenvalue weighted by molar-refractivity contribution is 5.99. The van der Waals surface area contributed by atoms with E-state index >= 15 is 0 Å². The maximum Gasteiger partial charge on any atom is 0.259 e. The normalized spacial score (nSPS) is 18.6. The van der Waals surface area contributed by atoms with Gasteiger partial charge in [0.2, 0.25) is 0 Å². The van der Waals surface area contributed by atoms with Gasteiger partial charge in [-0.25, -0.2) is 9.97 Å². The van der Waals surface area contributed by atoms with E-state index in [-0.39, 0.29) is 5.91 Å². The summed E-state index contributed by atoms with van der Waals surface area (Å²) in [6, 6.07) is 10.0. The van der Waals surface area contributed by atoms with Gasteiger partial charge in [0.25, 0.3) is 5.91 Å². The number of anilines is 1. The molecule has 5 heteroatoms. The Balaban J connectivity index is 1.68. The molecule has 5 nitrogen and oxygen atoms in total. The zero-order valence-corrected chi connectivity index (χ0v) is 16.1. The van der Waals surface area contributed by atoms with Crippen LogP contribution in [0.5, 0.6) is 0 Å². The molecule has 2 aliphatic rings. The highest BCUT2D eigenvalue weighted by atomic mass is 16.2. The number of benzene rings is 1. The summed E-state index contributed by atoms with van der Waals surface area (Å²) in [6.07, 6.45) is 7.46. The summed E-state index contributed by atoms with van der Waals surface area (Å²) >= 11 is 0. The number of carbonyl (C=O) groups excluding carboxylic acids is 1. The van der Waals surface area contributed by atoms with Crippen LogP contribution in [0.15, 0.2) is 36.5 Å². The summed E-state index contributed by atoms with van der Waals surface area (Å²) < 4.78 is 0. The van der Waals surface area contributed by atoms with Gasteiger partial charge in [0.15, 0.2) is 5.82 Å². The molecule has 1 amide bonds. The van der Waals surface area contributed by atoms with Crippen LogP contribution in [0.1, 0.15) is 49.4 Å². The van der Waals surface area contributed by atoms with E-state index in [4.69, 9.17) is 4.98 Å². The molecule has 0 atom stereocenters. The van der Waals surface area contributed by atoms with Crippen LogP contribution in [-0.4, -0.2) is 47.0 Å². The molecular weight excluding hydrogens is 336 g/mol. The molecule has 4 rings (SSSR count). The predicted molar refractivity (Wildman–Crippen MR) is 108 cm³/mol. The van der Waals surface area contributed by atoms with Crippen molar-refractivity contribution < 1.29 is 4.79 Å². The van der Waals surface area contributed by atoms with Crippen LogP contribution in [0.25, 0.3) is 11.4 Å². The Bertz CT molecular complexity index is 778. The molecule has 0 N–H and O–H groups in total. The second kappa shape index (κ2) is 8.07. The maximum atomic E-state index is 13.2. The minimum absolute atomic E-state index is 0.0853. The number of hydrogen-bond acceptors (Lipinski definition) is 4. The summed E-state index contributed by atoms with van der Waals surface area (Å²) in [4.78, 5) is 26.9. The van der Waals surface area contributed by atoms with E-state index in [1.165, 1.54) is 6.42 Å². The lowest BCUT2D eigenvalue weighted by Gasteiger charge is -2.33. The van der Waals surface area contributed by atoms with Crippen molar-refractivity contribution in [1.29, 1.82) is 0 Å². The van der Waals surface area contributed by atoms with Crippen molar-refractivity contribution in [3.63, 3.8) is 0 Å². The molecule has 1 aromatic carbocycles. The van der Waals surface area contributed by atoms with Crippen molar-refractivity contribution in [1.82, 2.24) is 14.9 Å². The van der Waals surface area contributed by atoms with Crippen molar-refractivity contribution in [3.8, 4) is 11.4 Å². The summed E-state index contributed by atoms with van der Waals surface area (Å²) in [7, 11) is 0. The lowest BCUT2D eigenvalue weighted by Crippen LogP contribution is -2.39. The van der Waals surface area contributed by atoms with Crippen molar-refractivity contribution in [2.24, 2.45) is 5.92 Å². The van der Waals surface area contributed by atoms with Crippen LogP contribution < -0.4 is 4.90 Å². The summed E-state index contributed by atoms with van der Waals surface area (Å²) in [5.41, 5.74) is 1.65. The van der Waals surface area contributed by atoms with Gasteiger partial charge >= 0.3 is 0 Å². The van der Waals surface area contributed by atoms with Gasteiger partial charge in [-0.05, 0) is 38.0 Å². The van der Waals surface area contributed by atoms with Gasteiger partial charge in [-0.15, -0.1) is 0 Å². The van der Waals surface area contributed by atoms with Gasteiger partial charge in [0.05, 0.1) is 0 Å². The number of nitrogens with zero attached hydrogens (tertiary/aromatic N) is 4. The average Bonchev–Trinajstić information content (AvgIpc) is 2.75. The fraction of sp³-hybridized carbons (Fsp3) is 0.500. The minimum Gasteiger partial charge on any atom is -0.356 e. The van der Waals surface area contributed by atoms with Crippen LogP contribution in [0, 0.1) is 5.92 Å². The van der Waals surface area contributed by atoms with E-state index in [2.05, 4.69) is 16.8 Å². The SMILES string of the molecule is CC1CCN(C(=O)c2cnc(-c3ccccc3)nc2N2CCCCC2)CC1. The first kappa shape index (κ1) is 18.0. The second-order valence-corrected chi connectivity index (χ2v) is 7.82. The molecule has 3 heterocycles. The molecule has 2 aliphatic heterocycles. The Morgan fingerprint density at radius 2 is 1.70 bits per heavy atom. The number of hydrogen-bond donors (Lipinski definition) is 0. The number of piperidine rings is 2. The Morgan fingerprint density at radius 1 is 1.00 bits per heavy atom. The molecule has 2 saturated heterocycles. The first-order valence-electron chi connectivity index (χ1n) is 10.2. The molecule has 0 bridgehead atoms. The molecule has 0 saturated carbocycles. The van der Waals surface area contributed by atoms with Crippen LogP contribution in [0.3, 0.4) is 0 Å². The molecule has 2 aromatic rings. The number of carbonyl (C=O) groups is 1. The molecule has 2 fully saturated rings. The Kier molecular flexibility index (Phi) is 5.37. The van der Waals surface area contributed by atoms with E-state index in [0.29, 0.717) is 17.3 Å². The van der Waals surface area contributed by atoms with Crippen molar-refractivity contribution in [2.75, 3.05) is 31.1 Å². The van der Waals surface area contributed by atoms with Crippen LogP contribution in [0.2, 0.25) is 0 Å². The van der Waals surface area contributed by atoms with E-state index in [0.717, 1.165) is 63.2 Å².